The Morgan fingerprint density at radius 1 is 1.32 bits per heavy atom. The summed E-state index contributed by atoms with van der Waals surface area (Å²) in [7, 11) is -1.97. The van der Waals surface area contributed by atoms with E-state index in [1.165, 1.54) is 16.1 Å². The number of nitrogens with zero attached hydrogens (tertiary/aromatic N) is 2. The number of nitrogens with one attached hydrogen (secondary N) is 2. The minimum absolute atomic E-state index is 0.0425. The van der Waals surface area contributed by atoms with Crippen LogP contribution in [0.2, 0.25) is 0 Å². The van der Waals surface area contributed by atoms with Crippen molar-refractivity contribution in [2.75, 3.05) is 26.0 Å². The summed E-state index contributed by atoms with van der Waals surface area (Å²) in [5.74, 6) is 0.145. The van der Waals surface area contributed by atoms with E-state index in [2.05, 4.69) is 10.0 Å². The maximum atomic E-state index is 14.0. The van der Waals surface area contributed by atoms with Crippen LogP contribution in [-0.4, -0.2) is 61.9 Å². The molecule has 2 fully saturated rings. The van der Waals surface area contributed by atoms with E-state index in [0.29, 0.717) is 43.9 Å². The molecule has 3 N–H and O–H groups in total. The summed E-state index contributed by atoms with van der Waals surface area (Å²) in [5, 5.41) is 14.9. The van der Waals surface area contributed by atoms with Crippen LogP contribution in [0, 0.1) is 11.7 Å². The average molecular weight is 459 g/mol. The Bertz CT molecular complexity index is 880. The Labute approximate surface area is 182 Å². The zero-order valence-corrected chi connectivity index (χ0v) is 18.7. The van der Waals surface area contributed by atoms with Crippen molar-refractivity contribution in [3.63, 3.8) is 0 Å². The number of hydrogen-bond donors (Lipinski definition) is 3. The van der Waals surface area contributed by atoms with Gasteiger partial charge in [0.15, 0.2) is 11.6 Å². The van der Waals surface area contributed by atoms with Crippen LogP contribution in [0.15, 0.2) is 18.2 Å². The normalized spacial score (nSPS) is 20.7. The van der Waals surface area contributed by atoms with Crippen LogP contribution >= 0.6 is 0 Å². The number of aliphatic hydroxyl groups is 1. The van der Waals surface area contributed by atoms with Gasteiger partial charge in [0.05, 0.1) is 12.4 Å². The molecule has 1 saturated heterocycles. The highest BCUT2D eigenvalue weighted by Crippen LogP contribution is 2.31. The number of hydrazine groups is 1. The Hall–Kier alpha value is -1.95. The lowest BCUT2D eigenvalue weighted by atomic mass is 10.1. The van der Waals surface area contributed by atoms with Crippen LogP contribution in [0.4, 0.5) is 9.18 Å². The van der Waals surface area contributed by atoms with Gasteiger partial charge in [-0.25, -0.2) is 22.3 Å². The Morgan fingerprint density at radius 2 is 2.06 bits per heavy atom. The van der Waals surface area contributed by atoms with E-state index in [1.807, 2.05) is 0 Å². The summed E-state index contributed by atoms with van der Waals surface area (Å²) in [5.41, 5.74) is 0.638. The lowest BCUT2D eigenvalue weighted by molar-refractivity contribution is -0.0684. The molecule has 0 radical (unpaired) electrons. The molecule has 9 nitrogen and oxygen atoms in total. The smallest absolute Gasteiger partial charge is 0.334 e. The maximum absolute atomic E-state index is 14.0. The number of carbonyl (C=O) groups is 1. The molecule has 1 aliphatic heterocycles. The molecule has 1 saturated carbocycles. The van der Waals surface area contributed by atoms with Crippen molar-refractivity contribution in [3.05, 3.63) is 29.6 Å². The number of hydrogen-bond acceptors (Lipinski definition) is 6. The molecule has 3 rings (SSSR count). The molecule has 0 spiro atoms. The van der Waals surface area contributed by atoms with Crippen molar-refractivity contribution >= 4 is 16.1 Å². The van der Waals surface area contributed by atoms with Gasteiger partial charge >= 0.3 is 6.03 Å². The molecule has 1 heterocycles. The minimum Gasteiger partial charge on any atom is -0.490 e. The fourth-order valence-corrected chi connectivity index (χ4v) is 4.74. The lowest BCUT2D eigenvalue weighted by Gasteiger charge is -2.24. The summed E-state index contributed by atoms with van der Waals surface area (Å²) in [6.07, 6.45) is 2.83. The molecule has 2 amide bonds. The number of aliphatic hydroxyl groups excluding tert-OH is 1. The third-order valence-corrected chi connectivity index (χ3v) is 7.04. The van der Waals surface area contributed by atoms with Crippen molar-refractivity contribution in [2.45, 2.75) is 51.4 Å². The largest absolute Gasteiger partial charge is 0.490 e. The molecule has 11 heteroatoms. The third-order valence-electron chi connectivity index (χ3n) is 5.50. The van der Waals surface area contributed by atoms with Crippen LogP contribution in [0.1, 0.15) is 50.6 Å². The van der Waals surface area contributed by atoms with E-state index in [0.717, 1.165) is 12.8 Å². The lowest BCUT2D eigenvalue weighted by Crippen LogP contribution is -2.41. The quantitative estimate of drug-likeness (QED) is 0.413. The molecule has 1 unspecified atom stereocenters. The van der Waals surface area contributed by atoms with E-state index in [-0.39, 0.29) is 17.5 Å². The van der Waals surface area contributed by atoms with Crippen molar-refractivity contribution in [1.82, 2.24) is 20.1 Å². The van der Waals surface area contributed by atoms with Gasteiger partial charge in [0.25, 0.3) is 0 Å². The van der Waals surface area contributed by atoms with Crippen molar-refractivity contribution < 1.29 is 27.4 Å². The second-order valence-corrected chi connectivity index (χ2v) is 10.0. The van der Waals surface area contributed by atoms with Gasteiger partial charge < -0.3 is 9.84 Å². The molecule has 1 aliphatic carbocycles. The van der Waals surface area contributed by atoms with Crippen LogP contribution in [0.25, 0.3) is 0 Å². The Morgan fingerprint density at radius 3 is 2.71 bits per heavy atom. The van der Waals surface area contributed by atoms with E-state index < -0.39 is 28.2 Å². The molecule has 2 atom stereocenters. The first kappa shape index (κ1) is 23.7. The highest BCUT2D eigenvalue weighted by atomic mass is 32.2. The van der Waals surface area contributed by atoms with Gasteiger partial charge in [-0.2, -0.15) is 5.01 Å². The number of benzene rings is 1. The number of unbranched alkanes of at least 4 members (excludes halogenated alkanes) is 2. The number of urea groups is 1. The van der Waals surface area contributed by atoms with Gasteiger partial charge in [-0.1, -0.05) is 12.5 Å². The first-order chi connectivity index (χ1) is 14.7. The number of amides is 2. The van der Waals surface area contributed by atoms with Gasteiger partial charge in [-0.05, 0) is 56.2 Å². The van der Waals surface area contributed by atoms with E-state index >= 15 is 0 Å². The molecule has 1 aromatic rings. The molecule has 174 valence electrons. The van der Waals surface area contributed by atoms with Gasteiger partial charge in [0, 0.05) is 19.6 Å². The average Bonchev–Trinajstić information content (AvgIpc) is 3.49. The van der Waals surface area contributed by atoms with Crippen LogP contribution < -0.4 is 14.8 Å². The van der Waals surface area contributed by atoms with Crippen molar-refractivity contribution in [3.8, 4) is 5.75 Å². The fraction of sp³-hybridized carbons (Fsp3) is 0.650. The topological polar surface area (TPSA) is 111 Å². The predicted molar refractivity (Wildman–Crippen MR) is 113 cm³/mol. The first-order valence-electron chi connectivity index (χ1n) is 10.6. The number of carbonyl (C=O) groups excluding carboxylic acids is 1. The van der Waals surface area contributed by atoms with E-state index in [9.17, 15) is 22.7 Å². The van der Waals surface area contributed by atoms with Crippen LogP contribution in [0.3, 0.4) is 0 Å². The molecule has 2 aliphatic rings. The monoisotopic (exact) mass is 458 g/mol. The van der Waals surface area contributed by atoms with Gasteiger partial charge in [0.1, 0.15) is 0 Å². The summed E-state index contributed by atoms with van der Waals surface area (Å²) >= 11 is 0. The van der Waals surface area contributed by atoms with Gasteiger partial charge in [-0.15, -0.1) is 0 Å². The molecule has 31 heavy (non-hydrogen) atoms. The maximum Gasteiger partial charge on any atom is 0.334 e. The first-order valence-corrected chi connectivity index (χ1v) is 12.2. The highest BCUT2D eigenvalue weighted by Gasteiger charge is 2.32. The molecular formula is C20H31FN4O5S. The number of sulfonamides is 1. The Kier molecular flexibility index (Phi) is 7.73. The zero-order chi connectivity index (χ0) is 22.6. The summed E-state index contributed by atoms with van der Waals surface area (Å²) < 4.78 is 47.0. The standard InChI is InChI=1S/C20H31FN4O5S/c1-14(16-8-9-17(21)18(12-16)30-13-15-6-7-15)23-31(28,29)11-5-3-4-10-25-20(27)22-19(26)24(25)2/h8-9,12,14-15,20,23,27H,3-7,10-11,13H2,1-2H3,(H,22,26)/t14-,20?/m1/s1. The second-order valence-electron chi connectivity index (χ2n) is 8.17. The highest BCUT2D eigenvalue weighted by molar-refractivity contribution is 7.89. The summed E-state index contributed by atoms with van der Waals surface area (Å²) in [4.78, 5) is 11.4. The van der Waals surface area contributed by atoms with Gasteiger partial charge in [-0.3, -0.25) is 10.3 Å². The van der Waals surface area contributed by atoms with Crippen molar-refractivity contribution in [1.29, 1.82) is 0 Å². The number of ether oxygens (including phenoxy) is 1. The summed E-state index contributed by atoms with van der Waals surface area (Å²) in [6.45, 7) is 2.62. The van der Waals surface area contributed by atoms with E-state index in [1.54, 1.807) is 26.1 Å². The fourth-order valence-electron chi connectivity index (χ4n) is 3.36. The number of rotatable bonds is 12. The zero-order valence-electron chi connectivity index (χ0n) is 17.9. The van der Waals surface area contributed by atoms with Crippen LogP contribution in [-0.2, 0) is 10.0 Å². The molecule has 0 bridgehead atoms. The molecule has 1 aromatic carbocycles. The second kappa shape index (κ2) is 10.1. The third kappa shape index (κ3) is 6.76. The van der Waals surface area contributed by atoms with Crippen molar-refractivity contribution in [2.24, 2.45) is 5.92 Å². The Balaban J connectivity index is 1.42. The molecular weight excluding hydrogens is 427 g/mol. The van der Waals surface area contributed by atoms with E-state index in [4.69, 9.17) is 4.74 Å². The summed E-state index contributed by atoms with van der Waals surface area (Å²) in [6, 6.07) is 3.51. The minimum atomic E-state index is -3.52. The number of halogens is 1. The van der Waals surface area contributed by atoms with Crippen LogP contribution in [0.5, 0.6) is 5.75 Å². The predicted octanol–water partition coefficient (Wildman–Crippen LogP) is 1.91. The van der Waals surface area contributed by atoms with Gasteiger partial charge in [0.2, 0.25) is 16.4 Å². The molecule has 0 aromatic heterocycles. The SMILES string of the molecule is C[C@@H](NS(=O)(=O)CCCCCN1C(O)NC(=O)N1C)c1ccc(F)c(OCC2CC2)c1.